The van der Waals surface area contributed by atoms with E-state index in [-0.39, 0.29) is 12.1 Å². The summed E-state index contributed by atoms with van der Waals surface area (Å²) in [5, 5.41) is 16.3. The van der Waals surface area contributed by atoms with E-state index in [0.29, 0.717) is 30.4 Å². The molecule has 2 aromatic rings. The zero-order valence-electron chi connectivity index (χ0n) is 8.46. The summed E-state index contributed by atoms with van der Waals surface area (Å²) < 4.78 is 10.3. The molecule has 0 bridgehead atoms. The number of aliphatic hydroxyl groups excluding tert-OH is 1. The maximum atomic E-state index is 9.38. The van der Waals surface area contributed by atoms with Crippen LogP contribution in [0.4, 0.5) is 0 Å². The van der Waals surface area contributed by atoms with E-state index in [9.17, 15) is 5.11 Å². The van der Waals surface area contributed by atoms with Crippen LogP contribution in [0.3, 0.4) is 0 Å². The van der Waals surface area contributed by atoms with Gasteiger partial charge in [0, 0.05) is 6.54 Å². The molecule has 0 spiro atoms. The second-order valence-corrected chi connectivity index (χ2v) is 3.78. The van der Waals surface area contributed by atoms with E-state index in [4.69, 9.17) is 8.94 Å². The first-order chi connectivity index (χ1) is 7.83. The molecular weight excluding hydrogens is 210 g/mol. The van der Waals surface area contributed by atoms with Gasteiger partial charge >= 0.3 is 0 Å². The Morgan fingerprint density at radius 1 is 1.50 bits per heavy atom. The SMILES string of the molecule is OC1CN[C@H](c2nc(-c3ccco3)no2)C1. The highest BCUT2D eigenvalue weighted by molar-refractivity contribution is 5.44. The Kier molecular flexibility index (Phi) is 2.23. The number of β-amino-alcohol motifs (C(OH)–C–C–N with tert-alkyl or cyclic N) is 1. The number of rotatable bonds is 2. The van der Waals surface area contributed by atoms with Gasteiger partial charge in [0.25, 0.3) is 0 Å². The lowest BCUT2D eigenvalue weighted by Gasteiger charge is -2.01. The summed E-state index contributed by atoms with van der Waals surface area (Å²) in [4.78, 5) is 4.22. The summed E-state index contributed by atoms with van der Waals surface area (Å²) in [5.74, 6) is 1.50. The number of furan rings is 1. The van der Waals surface area contributed by atoms with E-state index in [1.165, 1.54) is 0 Å². The molecule has 16 heavy (non-hydrogen) atoms. The smallest absolute Gasteiger partial charge is 0.244 e. The average Bonchev–Trinajstić information content (AvgIpc) is 2.97. The highest BCUT2D eigenvalue weighted by Gasteiger charge is 2.28. The molecule has 6 heteroatoms. The summed E-state index contributed by atoms with van der Waals surface area (Å²) in [6.45, 7) is 0.559. The first kappa shape index (κ1) is 9.56. The summed E-state index contributed by atoms with van der Waals surface area (Å²) in [6, 6.07) is 3.47. The van der Waals surface area contributed by atoms with Crippen LogP contribution in [0.15, 0.2) is 27.3 Å². The van der Waals surface area contributed by atoms with Crippen molar-refractivity contribution in [3.05, 3.63) is 24.3 Å². The van der Waals surface area contributed by atoms with Gasteiger partial charge in [0.1, 0.15) is 0 Å². The predicted octanol–water partition coefficient (Wildman–Crippen LogP) is 0.725. The van der Waals surface area contributed by atoms with Crippen LogP contribution in [0.1, 0.15) is 18.4 Å². The minimum Gasteiger partial charge on any atom is -0.461 e. The van der Waals surface area contributed by atoms with E-state index in [1.807, 2.05) is 0 Å². The fourth-order valence-corrected chi connectivity index (χ4v) is 1.79. The van der Waals surface area contributed by atoms with Crippen molar-refractivity contribution in [2.75, 3.05) is 6.54 Å². The van der Waals surface area contributed by atoms with Crippen molar-refractivity contribution >= 4 is 0 Å². The van der Waals surface area contributed by atoms with E-state index in [2.05, 4.69) is 15.5 Å². The molecule has 3 rings (SSSR count). The Balaban J connectivity index is 1.83. The third kappa shape index (κ3) is 1.62. The normalized spacial score (nSPS) is 25.1. The third-order valence-corrected chi connectivity index (χ3v) is 2.59. The fourth-order valence-electron chi connectivity index (χ4n) is 1.79. The number of hydrogen-bond acceptors (Lipinski definition) is 6. The lowest BCUT2D eigenvalue weighted by Crippen LogP contribution is -2.15. The zero-order valence-corrected chi connectivity index (χ0v) is 8.46. The molecule has 0 aliphatic carbocycles. The molecule has 6 nitrogen and oxygen atoms in total. The predicted molar refractivity (Wildman–Crippen MR) is 53.4 cm³/mol. The minimum absolute atomic E-state index is 0.0637. The molecule has 0 radical (unpaired) electrons. The van der Waals surface area contributed by atoms with Gasteiger partial charge in [-0.1, -0.05) is 5.16 Å². The van der Waals surface area contributed by atoms with Crippen molar-refractivity contribution < 1.29 is 14.0 Å². The zero-order chi connectivity index (χ0) is 11.0. The molecule has 0 saturated carbocycles. The summed E-state index contributed by atoms with van der Waals surface area (Å²) in [6.07, 6.45) is 1.81. The Morgan fingerprint density at radius 2 is 2.44 bits per heavy atom. The maximum absolute atomic E-state index is 9.38. The maximum Gasteiger partial charge on any atom is 0.244 e. The number of aliphatic hydroxyl groups is 1. The van der Waals surface area contributed by atoms with Crippen molar-refractivity contribution in [2.24, 2.45) is 0 Å². The Bertz CT molecular complexity index is 465. The van der Waals surface area contributed by atoms with Crippen LogP contribution in [0.25, 0.3) is 11.6 Å². The Hall–Kier alpha value is -1.66. The summed E-state index contributed by atoms with van der Waals surface area (Å²) in [7, 11) is 0. The second-order valence-electron chi connectivity index (χ2n) is 3.78. The summed E-state index contributed by atoms with van der Waals surface area (Å²) >= 11 is 0. The van der Waals surface area contributed by atoms with E-state index < -0.39 is 0 Å². The Morgan fingerprint density at radius 3 is 3.12 bits per heavy atom. The number of nitrogens with zero attached hydrogens (tertiary/aromatic N) is 2. The minimum atomic E-state index is -0.344. The van der Waals surface area contributed by atoms with Gasteiger partial charge in [-0.2, -0.15) is 4.98 Å². The van der Waals surface area contributed by atoms with Gasteiger partial charge in [-0.05, 0) is 18.6 Å². The highest BCUT2D eigenvalue weighted by atomic mass is 16.5. The number of aromatic nitrogens is 2. The second kappa shape index (κ2) is 3.73. The van der Waals surface area contributed by atoms with Gasteiger partial charge in [-0.3, -0.25) is 0 Å². The van der Waals surface area contributed by atoms with Crippen LogP contribution >= 0.6 is 0 Å². The molecule has 2 aromatic heterocycles. The fraction of sp³-hybridized carbons (Fsp3) is 0.400. The lowest BCUT2D eigenvalue weighted by atomic mass is 10.2. The van der Waals surface area contributed by atoms with Crippen LogP contribution in [-0.2, 0) is 0 Å². The van der Waals surface area contributed by atoms with E-state index in [1.54, 1.807) is 18.4 Å². The molecule has 1 saturated heterocycles. The summed E-state index contributed by atoms with van der Waals surface area (Å²) in [5.41, 5.74) is 0. The van der Waals surface area contributed by atoms with Crippen LogP contribution in [0.5, 0.6) is 0 Å². The van der Waals surface area contributed by atoms with Crippen LogP contribution in [0.2, 0.25) is 0 Å². The molecule has 0 aromatic carbocycles. The Labute approximate surface area is 91.3 Å². The average molecular weight is 221 g/mol. The van der Waals surface area contributed by atoms with Crippen LogP contribution in [-0.4, -0.2) is 27.9 Å². The van der Waals surface area contributed by atoms with Gasteiger partial charge in [0.05, 0.1) is 18.4 Å². The van der Waals surface area contributed by atoms with Gasteiger partial charge in [0.15, 0.2) is 5.76 Å². The van der Waals surface area contributed by atoms with Gasteiger partial charge in [0.2, 0.25) is 11.7 Å². The molecule has 1 aliphatic rings. The van der Waals surface area contributed by atoms with E-state index >= 15 is 0 Å². The highest BCUT2D eigenvalue weighted by Crippen LogP contribution is 2.24. The standard InChI is InChI=1S/C10H11N3O3/c14-6-4-7(11-5-6)10-12-9(13-16-10)8-2-1-3-15-8/h1-3,6-7,11,14H,4-5H2/t6?,7-/m0/s1. The van der Waals surface area contributed by atoms with E-state index in [0.717, 1.165) is 0 Å². The molecule has 84 valence electrons. The largest absolute Gasteiger partial charge is 0.461 e. The molecule has 0 amide bonds. The molecule has 3 heterocycles. The first-order valence-corrected chi connectivity index (χ1v) is 5.12. The van der Waals surface area contributed by atoms with Gasteiger partial charge < -0.3 is 19.4 Å². The van der Waals surface area contributed by atoms with Crippen molar-refractivity contribution in [3.8, 4) is 11.6 Å². The van der Waals surface area contributed by atoms with Gasteiger partial charge in [-0.15, -0.1) is 0 Å². The van der Waals surface area contributed by atoms with Gasteiger partial charge in [-0.25, -0.2) is 0 Å². The molecule has 1 aliphatic heterocycles. The van der Waals surface area contributed by atoms with Crippen molar-refractivity contribution in [1.82, 2.24) is 15.5 Å². The lowest BCUT2D eigenvalue weighted by molar-refractivity contribution is 0.191. The third-order valence-electron chi connectivity index (χ3n) is 2.59. The van der Waals surface area contributed by atoms with Crippen LogP contribution in [0, 0.1) is 0 Å². The quantitative estimate of drug-likeness (QED) is 0.777. The molecular formula is C10H11N3O3. The molecule has 2 N–H and O–H groups in total. The van der Waals surface area contributed by atoms with Crippen LogP contribution < -0.4 is 5.32 Å². The van der Waals surface area contributed by atoms with Crippen molar-refractivity contribution in [2.45, 2.75) is 18.6 Å². The topological polar surface area (TPSA) is 84.3 Å². The number of hydrogen-bond donors (Lipinski definition) is 2. The van der Waals surface area contributed by atoms with Crippen molar-refractivity contribution in [3.63, 3.8) is 0 Å². The monoisotopic (exact) mass is 221 g/mol. The first-order valence-electron chi connectivity index (χ1n) is 5.12. The number of nitrogens with one attached hydrogen (secondary N) is 1. The molecule has 1 fully saturated rings. The molecule has 1 unspecified atom stereocenters. The molecule has 2 atom stereocenters. The van der Waals surface area contributed by atoms with Crippen molar-refractivity contribution in [1.29, 1.82) is 0 Å².